The molecule has 4 aromatic carbocycles. The number of nitrogens with zero attached hydrogens (tertiary/aromatic N) is 2. The average molecular weight is 581 g/mol. The summed E-state index contributed by atoms with van der Waals surface area (Å²) in [4.78, 5) is 30.4. The third kappa shape index (κ3) is 5.53. The van der Waals surface area contributed by atoms with Crippen molar-refractivity contribution in [2.45, 2.75) is 52.6 Å². The van der Waals surface area contributed by atoms with Crippen LogP contribution in [0.25, 0.3) is 6.08 Å². The van der Waals surface area contributed by atoms with Crippen molar-refractivity contribution in [2.24, 2.45) is 0 Å². The van der Waals surface area contributed by atoms with Crippen molar-refractivity contribution in [3.8, 4) is 0 Å². The predicted octanol–water partition coefficient (Wildman–Crippen LogP) is 7.77. The fourth-order valence-corrected chi connectivity index (χ4v) is 7.37. The molecule has 2 aliphatic rings. The van der Waals surface area contributed by atoms with E-state index in [0.717, 1.165) is 11.1 Å². The van der Waals surface area contributed by atoms with Crippen LogP contribution < -0.4 is 0 Å². The first-order chi connectivity index (χ1) is 21.2. The second-order valence-corrected chi connectivity index (χ2v) is 12.4. The van der Waals surface area contributed by atoms with E-state index in [1.165, 1.54) is 56.1 Å². The van der Waals surface area contributed by atoms with Gasteiger partial charge in [0, 0.05) is 44.1 Å². The summed E-state index contributed by atoms with van der Waals surface area (Å²) in [7, 11) is 0. The summed E-state index contributed by atoms with van der Waals surface area (Å²) in [5.41, 5.74) is 13.3. The average Bonchev–Trinajstić information content (AvgIpc) is 3.02. The maximum Gasteiger partial charge on any atom is 0.246 e. The van der Waals surface area contributed by atoms with Crippen LogP contribution in [-0.2, 0) is 22.7 Å². The zero-order valence-electron chi connectivity index (χ0n) is 26.1. The fraction of sp³-hybridized carbons (Fsp3) is 0.250. The minimum absolute atomic E-state index is 0.00682. The van der Waals surface area contributed by atoms with Gasteiger partial charge in [0.25, 0.3) is 0 Å². The summed E-state index contributed by atoms with van der Waals surface area (Å²) in [5.74, 6) is 0.161. The van der Waals surface area contributed by atoms with E-state index in [1.807, 2.05) is 15.9 Å². The van der Waals surface area contributed by atoms with Crippen molar-refractivity contribution >= 4 is 17.9 Å². The first-order valence-corrected chi connectivity index (χ1v) is 15.5. The Bertz CT molecular complexity index is 1800. The minimum Gasteiger partial charge on any atom is -0.334 e. The van der Waals surface area contributed by atoms with E-state index in [0.29, 0.717) is 26.2 Å². The van der Waals surface area contributed by atoms with E-state index in [-0.39, 0.29) is 23.7 Å². The van der Waals surface area contributed by atoms with Gasteiger partial charge in [-0.25, -0.2) is 0 Å². The molecule has 2 amide bonds. The van der Waals surface area contributed by atoms with E-state index < -0.39 is 0 Å². The van der Waals surface area contributed by atoms with Gasteiger partial charge in [-0.1, -0.05) is 79.4 Å². The number of rotatable bonds is 5. The first-order valence-electron chi connectivity index (χ1n) is 15.5. The highest BCUT2D eigenvalue weighted by molar-refractivity contribution is 5.92. The van der Waals surface area contributed by atoms with Crippen molar-refractivity contribution in [1.29, 1.82) is 0 Å². The number of aryl methyl sites for hydroxylation is 4. The van der Waals surface area contributed by atoms with Crippen molar-refractivity contribution in [1.82, 2.24) is 9.80 Å². The zero-order chi connectivity index (χ0) is 31.0. The lowest BCUT2D eigenvalue weighted by Crippen LogP contribution is -2.38. The van der Waals surface area contributed by atoms with Crippen LogP contribution in [0, 0.1) is 27.7 Å². The van der Waals surface area contributed by atoms with Crippen LogP contribution in [0.3, 0.4) is 0 Å². The number of fused-ring (bicyclic) bond motifs is 2. The van der Waals surface area contributed by atoms with Gasteiger partial charge in [0.05, 0.1) is 0 Å². The Hall–Kier alpha value is -4.70. The van der Waals surface area contributed by atoms with Crippen molar-refractivity contribution in [2.75, 3.05) is 13.1 Å². The van der Waals surface area contributed by atoms with Crippen LogP contribution in [0.4, 0.5) is 0 Å². The monoisotopic (exact) mass is 580 g/mol. The molecule has 0 saturated carbocycles. The number of hydrogen-bond donors (Lipinski definition) is 0. The summed E-state index contributed by atoms with van der Waals surface area (Å²) in [6, 6.07) is 27.7. The Morgan fingerprint density at radius 1 is 0.659 bits per heavy atom. The third-order valence-electron chi connectivity index (χ3n) is 9.48. The lowest BCUT2D eigenvalue weighted by atomic mass is 9.79. The molecule has 4 heteroatoms. The van der Waals surface area contributed by atoms with Gasteiger partial charge < -0.3 is 9.80 Å². The SMILES string of the molecule is C=CC(=O)N1Cc2cc(/C=C/C(=O)N3Cc4cccc(C)c4[C@@H](c4ccccc4C)C3)cc(C)c2[C@H](c2ccccc2C)C1. The van der Waals surface area contributed by atoms with Crippen LogP contribution in [0.5, 0.6) is 0 Å². The van der Waals surface area contributed by atoms with E-state index in [2.05, 4.69) is 113 Å². The molecule has 2 atom stereocenters. The van der Waals surface area contributed by atoms with Crippen LogP contribution >= 0.6 is 0 Å². The molecule has 6 rings (SSSR count). The Balaban J connectivity index is 1.31. The Kier molecular flexibility index (Phi) is 8.09. The summed E-state index contributed by atoms with van der Waals surface area (Å²) in [6.45, 7) is 14.7. The maximum absolute atomic E-state index is 13.7. The van der Waals surface area contributed by atoms with Gasteiger partial charge >= 0.3 is 0 Å². The van der Waals surface area contributed by atoms with Gasteiger partial charge in [-0.2, -0.15) is 0 Å². The second-order valence-electron chi connectivity index (χ2n) is 12.4. The van der Waals surface area contributed by atoms with E-state index in [9.17, 15) is 9.59 Å². The molecular weight excluding hydrogens is 540 g/mol. The van der Waals surface area contributed by atoms with Gasteiger partial charge in [0.15, 0.2) is 0 Å². The number of hydrogen-bond acceptors (Lipinski definition) is 2. The molecule has 0 aromatic heterocycles. The molecule has 0 fully saturated rings. The van der Waals surface area contributed by atoms with Gasteiger partial charge in [-0.15, -0.1) is 0 Å². The zero-order valence-corrected chi connectivity index (χ0v) is 26.1. The summed E-state index contributed by atoms with van der Waals surface area (Å²) in [6.07, 6.45) is 5.05. The fourth-order valence-electron chi connectivity index (χ4n) is 7.37. The topological polar surface area (TPSA) is 40.6 Å². The molecule has 222 valence electrons. The second kappa shape index (κ2) is 12.1. The molecule has 2 aliphatic heterocycles. The normalized spacial score (nSPS) is 17.7. The molecule has 4 nitrogen and oxygen atoms in total. The van der Waals surface area contributed by atoms with Crippen LogP contribution in [0.1, 0.15) is 73.0 Å². The molecule has 2 heterocycles. The standard InChI is InChI=1S/C40H40N2O2/c1-6-37(43)41-23-32-21-30(20-29(5)40(32)36(24-41)34-17-10-8-13-27(34)3)18-19-38(44)42-22-31-15-11-14-28(4)39(31)35(25-42)33-16-9-7-12-26(33)2/h6-21,35-36H,1,22-25H2,2-5H3/b19-18+/t35-,36+/m1/s1. The first kappa shape index (κ1) is 29.4. The predicted molar refractivity (Wildman–Crippen MR) is 178 cm³/mol. The molecule has 44 heavy (non-hydrogen) atoms. The number of benzene rings is 4. The van der Waals surface area contributed by atoms with Gasteiger partial charge in [-0.05, 0) is 107 Å². The smallest absolute Gasteiger partial charge is 0.246 e. The number of amides is 2. The van der Waals surface area contributed by atoms with Crippen LogP contribution in [0.2, 0.25) is 0 Å². The van der Waals surface area contributed by atoms with Crippen molar-refractivity contribution < 1.29 is 9.59 Å². The van der Waals surface area contributed by atoms with E-state index in [1.54, 1.807) is 6.08 Å². The summed E-state index contributed by atoms with van der Waals surface area (Å²) in [5, 5.41) is 0. The highest BCUT2D eigenvalue weighted by atomic mass is 16.2. The van der Waals surface area contributed by atoms with E-state index in [4.69, 9.17) is 0 Å². The van der Waals surface area contributed by atoms with Crippen molar-refractivity contribution in [3.63, 3.8) is 0 Å². The quantitative estimate of drug-likeness (QED) is 0.226. The highest BCUT2D eigenvalue weighted by Gasteiger charge is 2.32. The Morgan fingerprint density at radius 3 is 1.82 bits per heavy atom. The number of carbonyl (C=O) groups is 2. The molecule has 0 saturated heterocycles. The molecule has 0 radical (unpaired) electrons. The van der Waals surface area contributed by atoms with Gasteiger partial charge in [0.2, 0.25) is 11.8 Å². The largest absolute Gasteiger partial charge is 0.334 e. The molecule has 0 N–H and O–H groups in total. The Labute approximate surface area is 261 Å². The Morgan fingerprint density at radius 2 is 1.20 bits per heavy atom. The lowest BCUT2D eigenvalue weighted by molar-refractivity contribution is -0.127. The lowest BCUT2D eigenvalue weighted by Gasteiger charge is -2.36. The summed E-state index contributed by atoms with van der Waals surface area (Å²) < 4.78 is 0. The molecule has 4 aromatic rings. The number of carbonyl (C=O) groups excluding carboxylic acids is 2. The molecule has 0 aliphatic carbocycles. The van der Waals surface area contributed by atoms with Gasteiger partial charge in [0.1, 0.15) is 0 Å². The molecule has 0 spiro atoms. The van der Waals surface area contributed by atoms with E-state index >= 15 is 0 Å². The molecule has 0 unspecified atom stereocenters. The van der Waals surface area contributed by atoms with Gasteiger partial charge in [-0.3, -0.25) is 9.59 Å². The molecule has 0 bridgehead atoms. The molecular formula is C40H40N2O2. The summed E-state index contributed by atoms with van der Waals surface area (Å²) >= 11 is 0. The van der Waals surface area contributed by atoms with Crippen LogP contribution in [-0.4, -0.2) is 34.7 Å². The van der Waals surface area contributed by atoms with Crippen molar-refractivity contribution in [3.05, 3.63) is 159 Å². The maximum atomic E-state index is 13.7. The minimum atomic E-state index is -0.0631. The third-order valence-corrected chi connectivity index (χ3v) is 9.48. The highest BCUT2D eigenvalue weighted by Crippen LogP contribution is 2.39. The van der Waals surface area contributed by atoms with Crippen LogP contribution in [0.15, 0.2) is 97.6 Å².